The summed E-state index contributed by atoms with van der Waals surface area (Å²) < 4.78 is 0. The van der Waals surface area contributed by atoms with E-state index in [4.69, 9.17) is 5.73 Å². The number of carbonyl (C=O) groups excluding carboxylic acids is 1. The number of hydrogen-bond acceptors (Lipinski definition) is 3. The van der Waals surface area contributed by atoms with Crippen LogP contribution in [-0.4, -0.2) is 42.5 Å². The predicted octanol–water partition coefficient (Wildman–Crippen LogP) is 1.35. The molecular formula is C14H29N3O. The Morgan fingerprint density at radius 1 is 1.50 bits per heavy atom. The molecule has 3 N–H and O–H groups in total. The molecule has 0 aromatic rings. The summed E-state index contributed by atoms with van der Waals surface area (Å²) in [5, 5.41) is 3.02. The third kappa shape index (κ3) is 4.25. The van der Waals surface area contributed by atoms with E-state index in [2.05, 4.69) is 24.1 Å². The Hall–Kier alpha value is -0.610. The lowest BCUT2D eigenvalue weighted by molar-refractivity contribution is -0.127. The molecule has 0 aliphatic carbocycles. The molecule has 1 fully saturated rings. The summed E-state index contributed by atoms with van der Waals surface area (Å²) in [5.74, 6) is 0.708. The first kappa shape index (κ1) is 15.4. The summed E-state index contributed by atoms with van der Waals surface area (Å²) in [7, 11) is 0. The topological polar surface area (TPSA) is 58.4 Å². The van der Waals surface area contributed by atoms with Crippen LogP contribution >= 0.6 is 0 Å². The average Bonchev–Trinajstić information content (AvgIpc) is 2.38. The van der Waals surface area contributed by atoms with E-state index in [0.29, 0.717) is 12.0 Å². The minimum atomic E-state index is -0.0359. The van der Waals surface area contributed by atoms with Crippen molar-refractivity contribution >= 4 is 5.91 Å². The van der Waals surface area contributed by atoms with Crippen molar-refractivity contribution in [3.63, 3.8) is 0 Å². The van der Waals surface area contributed by atoms with Crippen LogP contribution in [0.2, 0.25) is 0 Å². The SMILES string of the molecule is CCCCNC(=O)C(C)N1CC(CN)CCC1C. The Balaban J connectivity index is 2.47. The predicted molar refractivity (Wildman–Crippen MR) is 75.3 cm³/mol. The highest BCUT2D eigenvalue weighted by Crippen LogP contribution is 2.23. The largest absolute Gasteiger partial charge is 0.355 e. The second kappa shape index (κ2) is 7.74. The Kier molecular flexibility index (Phi) is 6.65. The molecule has 1 rings (SSSR count). The van der Waals surface area contributed by atoms with Gasteiger partial charge in [-0.25, -0.2) is 0 Å². The fraction of sp³-hybridized carbons (Fsp3) is 0.929. The number of carbonyl (C=O) groups is 1. The normalized spacial score (nSPS) is 26.9. The van der Waals surface area contributed by atoms with Gasteiger partial charge in [-0.2, -0.15) is 0 Å². The Labute approximate surface area is 111 Å². The molecule has 0 saturated carbocycles. The molecule has 1 heterocycles. The van der Waals surface area contributed by atoms with Crippen LogP contribution in [-0.2, 0) is 4.79 Å². The number of nitrogens with one attached hydrogen (secondary N) is 1. The van der Waals surface area contributed by atoms with Crippen molar-refractivity contribution in [3.05, 3.63) is 0 Å². The van der Waals surface area contributed by atoms with Crippen molar-refractivity contribution in [2.75, 3.05) is 19.6 Å². The van der Waals surface area contributed by atoms with Crippen LogP contribution in [0.4, 0.5) is 0 Å². The molecule has 106 valence electrons. The maximum atomic E-state index is 12.1. The highest BCUT2D eigenvalue weighted by atomic mass is 16.2. The molecular weight excluding hydrogens is 226 g/mol. The molecule has 0 radical (unpaired) electrons. The zero-order valence-corrected chi connectivity index (χ0v) is 12.1. The van der Waals surface area contributed by atoms with E-state index < -0.39 is 0 Å². The molecule has 4 nitrogen and oxygen atoms in total. The smallest absolute Gasteiger partial charge is 0.237 e. The standard InChI is InChI=1S/C14H29N3O/c1-4-5-8-16-14(18)12(3)17-10-13(9-15)7-6-11(17)2/h11-13H,4-10,15H2,1-3H3,(H,16,18). The number of hydrogen-bond donors (Lipinski definition) is 2. The number of unbranched alkanes of at least 4 members (excludes halogenated alkanes) is 1. The molecule has 4 heteroatoms. The van der Waals surface area contributed by atoms with Crippen molar-refractivity contribution in [2.24, 2.45) is 11.7 Å². The van der Waals surface area contributed by atoms with E-state index in [1.165, 1.54) is 6.42 Å². The van der Waals surface area contributed by atoms with Gasteiger partial charge in [0.25, 0.3) is 0 Å². The number of rotatable bonds is 6. The minimum Gasteiger partial charge on any atom is -0.355 e. The Morgan fingerprint density at radius 3 is 2.83 bits per heavy atom. The van der Waals surface area contributed by atoms with Crippen molar-refractivity contribution in [3.8, 4) is 0 Å². The van der Waals surface area contributed by atoms with Gasteiger partial charge in [-0.15, -0.1) is 0 Å². The van der Waals surface area contributed by atoms with Crippen LogP contribution in [0.3, 0.4) is 0 Å². The van der Waals surface area contributed by atoms with E-state index in [1.807, 2.05) is 6.92 Å². The molecule has 1 aliphatic rings. The summed E-state index contributed by atoms with van der Waals surface area (Å²) in [6.07, 6.45) is 4.51. The number of nitrogens with two attached hydrogens (primary N) is 1. The van der Waals surface area contributed by atoms with Crippen molar-refractivity contribution in [1.29, 1.82) is 0 Å². The zero-order chi connectivity index (χ0) is 13.5. The minimum absolute atomic E-state index is 0.0359. The van der Waals surface area contributed by atoms with E-state index in [1.54, 1.807) is 0 Å². The molecule has 3 atom stereocenters. The van der Waals surface area contributed by atoms with Gasteiger partial charge in [-0.1, -0.05) is 13.3 Å². The summed E-state index contributed by atoms with van der Waals surface area (Å²) >= 11 is 0. The van der Waals surface area contributed by atoms with Crippen molar-refractivity contribution in [2.45, 2.75) is 58.5 Å². The second-order valence-corrected chi connectivity index (χ2v) is 5.55. The number of likely N-dealkylation sites (tertiary alicyclic amines) is 1. The van der Waals surface area contributed by atoms with E-state index in [-0.39, 0.29) is 11.9 Å². The van der Waals surface area contributed by atoms with E-state index in [0.717, 1.165) is 38.9 Å². The van der Waals surface area contributed by atoms with Crippen molar-refractivity contribution < 1.29 is 4.79 Å². The summed E-state index contributed by atoms with van der Waals surface area (Å²) in [4.78, 5) is 14.4. The summed E-state index contributed by atoms with van der Waals surface area (Å²) in [6.45, 7) is 8.84. The molecule has 3 unspecified atom stereocenters. The highest BCUT2D eigenvalue weighted by molar-refractivity contribution is 5.81. The van der Waals surface area contributed by atoms with Gasteiger partial charge < -0.3 is 11.1 Å². The van der Waals surface area contributed by atoms with Crippen molar-refractivity contribution in [1.82, 2.24) is 10.2 Å². The molecule has 0 spiro atoms. The fourth-order valence-electron chi connectivity index (χ4n) is 2.63. The molecule has 0 aromatic heterocycles. The van der Waals surface area contributed by atoms with Gasteiger partial charge in [-0.3, -0.25) is 9.69 Å². The van der Waals surface area contributed by atoms with Crippen LogP contribution in [0, 0.1) is 5.92 Å². The molecule has 1 amide bonds. The van der Waals surface area contributed by atoms with Crippen LogP contribution in [0.5, 0.6) is 0 Å². The van der Waals surface area contributed by atoms with E-state index in [9.17, 15) is 4.79 Å². The third-order valence-corrected chi connectivity index (χ3v) is 4.07. The Morgan fingerprint density at radius 2 is 2.22 bits per heavy atom. The highest BCUT2D eigenvalue weighted by Gasteiger charge is 2.31. The van der Waals surface area contributed by atoms with Crippen LogP contribution in [0.15, 0.2) is 0 Å². The lowest BCUT2D eigenvalue weighted by atomic mass is 9.92. The summed E-state index contributed by atoms with van der Waals surface area (Å²) in [6, 6.07) is 0.450. The molecule has 18 heavy (non-hydrogen) atoms. The van der Waals surface area contributed by atoms with Crippen LogP contribution in [0.1, 0.15) is 46.5 Å². The molecule has 0 aromatic carbocycles. The molecule has 0 bridgehead atoms. The first-order chi connectivity index (χ1) is 8.60. The van der Waals surface area contributed by atoms with Gasteiger partial charge in [-0.05, 0) is 45.6 Å². The van der Waals surface area contributed by atoms with E-state index >= 15 is 0 Å². The van der Waals surface area contributed by atoms with Gasteiger partial charge in [0.15, 0.2) is 0 Å². The first-order valence-electron chi connectivity index (χ1n) is 7.33. The maximum absolute atomic E-state index is 12.1. The van der Waals surface area contributed by atoms with Gasteiger partial charge in [0.2, 0.25) is 5.91 Å². The first-order valence-corrected chi connectivity index (χ1v) is 7.33. The third-order valence-electron chi connectivity index (χ3n) is 4.07. The Bertz CT molecular complexity index is 257. The van der Waals surface area contributed by atoms with Gasteiger partial charge in [0.1, 0.15) is 0 Å². The van der Waals surface area contributed by atoms with Gasteiger partial charge in [0, 0.05) is 19.1 Å². The second-order valence-electron chi connectivity index (χ2n) is 5.55. The monoisotopic (exact) mass is 255 g/mol. The number of nitrogens with zero attached hydrogens (tertiary/aromatic N) is 1. The lowest BCUT2D eigenvalue weighted by Crippen LogP contribution is -2.53. The lowest BCUT2D eigenvalue weighted by Gasteiger charge is -2.40. The number of amides is 1. The summed E-state index contributed by atoms with van der Waals surface area (Å²) in [5.41, 5.74) is 5.76. The zero-order valence-electron chi connectivity index (χ0n) is 12.1. The van der Waals surface area contributed by atoms with Crippen LogP contribution in [0.25, 0.3) is 0 Å². The van der Waals surface area contributed by atoms with Crippen LogP contribution < -0.4 is 11.1 Å². The fourth-order valence-corrected chi connectivity index (χ4v) is 2.63. The maximum Gasteiger partial charge on any atom is 0.237 e. The quantitative estimate of drug-likeness (QED) is 0.704. The average molecular weight is 255 g/mol. The molecule has 1 saturated heterocycles. The van der Waals surface area contributed by atoms with Gasteiger partial charge >= 0.3 is 0 Å². The van der Waals surface area contributed by atoms with Gasteiger partial charge in [0.05, 0.1) is 6.04 Å². The molecule has 1 aliphatic heterocycles. The number of piperidine rings is 1.